The van der Waals surface area contributed by atoms with Crippen LogP contribution in [0.2, 0.25) is 0 Å². The lowest BCUT2D eigenvalue weighted by Crippen LogP contribution is -2.43. The molecule has 2 aromatic heterocycles. The van der Waals surface area contributed by atoms with Crippen LogP contribution in [0.4, 0.5) is 10.3 Å². The van der Waals surface area contributed by atoms with Gasteiger partial charge in [-0.15, -0.1) is 11.3 Å². The summed E-state index contributed by atoms with van der Waals surface area (Å²) in [5, 5.41) is 5.71. The Balaban J connectivity index is 1.57. The molecular weight excluding hydrogens is 351 g/mol. The third kappa shape index (κ3) is 3.26. The molecule has 3 heterocycles. The third-order valence-electron chi connectivity index (χ3n) is 4.67. The molecule has 1 aromatic carbocycles. The minimum atomic E-state index is -0.302. The predicted octanol–water partition coefficient (Wildman–Crippen LogP) is 3.42. The van der Waals surface area contributed by atoms with E-state index in [2.05, 4.69) is 15.3 Å². The maximum Gasteiger partial charge on any atom is 0.243 e. The van der Waals surface area contributed by atoms with E-state index in [1.165, 1.54) is 12.1 Å². The van der Waals surface area contributed by atoms with Crippen molar-refractivity contribution in [2.24, 2.45) is 0 Å². The highest BCUT2D eigenvalue weighted by molar-refractivity contribution is 7.09. The molecule has 0 aliphatic carbocycles. The summed E-state index contributed by atoms with van der Waals surface area (Å²) in [4.78, 5) is 24.9. The zero-order valence-electron chi connectivity index (χ0n) is 14.4. The Morgan fingerprint density at radius 3 is 3.08 bits per heavy atom. The molecule has 26 heavy (non-hydrogen) atoms. The SMILES string of the molecule is Cc1nc(N2CCCC2C(=O)NCc2cccs2)nc2ccc(F)cc12. The van der Waals surface area contributed by atoms with Gasteiger partial charge in [-0.2, -0.15) is 0 Å². The number of thiophene rings is 1. The molecule has 0 bridgehead atoms. The Hall–Kier alpha value is -2.54. The van der Waals surface area contributed by atoms with Crippen LogP contribution in [0.5, 0.6) is 0 Å². The Labute approximate surface area is 154 Å². The number of anilines is 1. The molecule has 0 radical (unpaired) electrons. The van der Waals surface area contributed by atoms with Crippen LogP contribution >= 0.6 is 11.3 Å². The summed E-state index contributed by atoms with van der Waals surface area (Å²) in [6.07, 6.45) is 1.70. The molecule has 1 amide bonds. The van der Waals surface area contributed by atoms with Gasteiger partial charge in [0.1, 0.15) is 11.9 Å². The van der Waals surface area contributed by atoms with E-state index in [-0.39, 0.29) is 17.8 Å². The molecule has 7 heteroatoms. The lowest BCUT2D eigenvalue weighted by molar-refractivity contribution is -0.122. The van der Waals surface area contributed by atoms with Crippen LogP contribution in [0.15, 0.2) is 35.7 Å². The van der Waals surface area contributed by atoms with Crippen molar-refractivity contribution in [3.8, 4) is 0 Å². The first-order chi connectivity index (χ1) is 12.6. The van der Waals surface area contributed by atoms with Crippen LogP contribution in [0.1, 0.15) is 23.4 Å². The van der Waals surface area contributed by atoms with Crippen molar-refractivity contribution in [1.82, 2.24) is 15.3 Å². The van der Waals surface area contributed by atoms with Crippen LogP contribution in [0.3, 0.4) is 0 Å². The van der Waals surface area contributed by atoms with Gasteiger partial charge >= 0.3 is 0 Å². The summed E-state index contributed by atoms with van der Waals surface area (Å²) in [5.74, 6) is 0.232. The van der Waals surface area contributed by atoms with E-state index in [1.54, 1.807) is 17.4 Å². The second-order valence-electron chi connectivity index (χ2n) is 6.42. The van der Waals surface area contributed by atoms with Gasteiger partial charge < -0.3 is 10.2 Å². The van der Waals surface area contributed by atoms with Crippen molar-refractivity contribution >= 4 is 34.1 Å². The summed E-state index contributed by atoms with van der Waals surface area (Å²) >= 11 is 1.63. The molecule has 5 nitrogen and oxygen atoms in total. The van der Waals surface area contributed by atoms with Crippen LogP contribution in [-0.4, -0.2) is 28.5 Å². The number of benzene rings is 1. The van der Waals surface area contributed by atoms with Crippen molar-refractivity contribution in [2.75, 3.05) is 11.4 Å². The average molecular weight is 370 g/mol. The Morgan fingerprint density at radius 1 is 1.38 bits per heavy atom. The summed E-state index contributed by atoms with van der Waals surface area (Å²) in [5.41, 5.74) is 1.41. The number of aryl methyl sites for hydroxylation is 1. The van der Waals surface area contributed by atoms with E-state index >= 15 is 0 Å². The van der Waals surface area contributed by atoms with Crippen molar-refractivity contribution in [1.29, 1.82) is 0 Å². The second-order valence-corrected chi connectivity index (χ2v) is 7.45. The number of carbonyl (C=O) groups is 1. The highest BCUT2D eigenvalue weighted by Crippen LogP contribution is 2.26. The molecule has 1 aliphatic heterocycles. The number of halogens is 1. The number of amides is 1. The van der Waals surface area contributed by atoms with Gasteiger partial charge in [0.05, 0.1) is 17.8 Å². The predicted molar refractivity (Wildman–Crippen MR) is 101 cm³/mol. The molecule has 3 aromatic rings. The van der Waals surface area contributed by atoms with Gasteiger partial charge in [-0.1, -0.05) is 6.07 Å². The number of aromatic nitrogens is 2. The van der Waals surface area contributed by atoms with E-state index in [0.29, 0.717) is 29.1 Å². The summed E-state index contributed by atoms with van der Waals surface area (Å²) < 4.78 is 13.5. The standard InChI is InChI=1S/C19H19FN4OS/c1-12-15-10-13(20)6-7-16(15)23-19(22-12)24-8-2-5-17(24)18(25)21-11-14-4-3-9-26-14/h3-4,6-7,9-10,17H,2,5,8,11H2,1H3,(H,21,25). The first-order valence-electron chi connectivity index (χ1n) is 8.62. The van der Waals surface area contributed by atoms with Crippen LogP contribution in [-0.2, 0) is 11.3 Å². The maximum atomic E-state index is 13.5. The smallest absolute Gasteiger partial charge is 0.243 e. The van der Waals surface area contributed by atoms with E-state index in [1.807, 2.05) is 29.3 Å². The van der Waals surface area contributed by atoms with Gasteiger partial charge in [0.2, 0.25) is 11.9 Å². The number of rotatable bonds is 4. The molecule has 1 N–H and O–H groups in total. The quantitative estimate of drug-likeness (QED) is 0.764. The maximum absolute atomic E-state index is 13.5. The van der Waals surface area contributed by atoms with E-state index in [0.717, 1.165) is 24.3 Å². The largest absolute Gasteiger partial charge is 0.349 e. The number of hydrogen-bond acceptors (Lipinski definition) is 5. The summed E-state index contributed by atoms with van der Waals surface area (Å²) in [7, 11) is 0. The van der Waals surface area contributed by atoms with Gasteiger partial charge in [0, 0.05) is 16.8 Å². The van der Waals surface area contributed by atoms with E-state index in [9.17, 15) is 9.18 Å². The fraction of sp³-hybridized carbons (Fsp3) is 0.316. The van der Waals surface area contributed by atoms with Crippen molar-refractivity contribution in [3.05, 3.63) is 52.1 Å². The van der Waals surface area contributed by atoms with Gasteiger partial charge in [-0.05, 0) is 49.4 Å². The number of hydrogen-bond donors (Lipinski definition) is 1. The fourth-order valence-electron chi connectivity index (χ4n) is 3.35. The molecule has 1 aliphatic rings. The van der Waals surface area contributed by atoms with Gasteiger partial charge in [0.25, 0.3) is 0 Å². The molecule has 0 saturated carbocycles. The van der Waals surface area contributed by atoms with Gasteiger partial charge in [-0.3, -0.25) is 4.79 Å². The van der Waals surface area contributed by atoms with Gasteiger partial charge in [0.15, 0.2) is 0 Å². The first kappa shape index (κ1) is 16.9. The molecule has 1 unspecified atom stereocenters. The minimum absolute atomic E-state index is 0.00337. The van der Waals surface area contributed by atoms with Crippen molar-refractivity contribution in [2.45, 2.75) is 32.4 Å². The zero-order chi connectivity index (χ0) is 18.1. The molecule has 1 atom stereocenters. The molecular formula is C19H19FN4OS. The topological polar surface area (TPSA) is 58.1 Å². The number of nitrogens with one attached hydrogen (secondary N) is 1. The number of nitrogens with zero attached hydrogens (tertiary/aromatic N) is 3. The van der Waals surface area contributed by atoms with Crippen LogP contribution < -0.4 is 10.2 Å². The minimum Gasteiger partial charge on any atom is -0.349 e. The first-order valence-corrected chi connectivity index (χ1v) is 9.50. The monoisotopic (exact) mass is 370 g/mol. The molecule has 1 fully saturated rings. The van der Waals surface area contributed by atoms with Crippen LogP contribution in [0, 0.1) is 12.7 Å². The lowest BCUT2D eigenvalue weighted by Gasteiger charge is -2.24. The fourth-order valence-corrected chi connectivity index (χ4v) is 4.00. The number of carbonyl (C=O) groups excluding carboxylic acids is 1. The van der Waals surface area contributed by atoms with Gasteiger partial charge in [-0.25, -0.2) is 14.4 Å². The lowest BCUT2D eigenvalue weighted by atomic mass is 10.2. The van der Waals surface area contributed by atoms with E-state index < -0.39 is 0 Å². The van der Waals surface area contributed by atoms with E-state index in [4.69, 9.17) is 0 Å². The number of fused-ring (bicyclic) bond motifs is 1. The molecule has 4 rings (SSSR count). The zero-order valence-corrected chi connectivity index (χ0v) is 15.2. The highest BCUT2D eigenvalue weighted by Gasteiger charge is 2.32. The summed E-state index contributed by atoms with van der Waals surface area (Å²) in [6.45, 7) is 3.12. The highest BCUT2D eigenvalue weighted by atomic mass is 32.1. The summed E-state index contributed by atoms with van der Waals surface area (Å²) in [6, 6.07) is 8.21. The second kappa shape index (κ2) is 6.99. The Morgan fingerprint density at radius 2 is 2.27 bits per heavy atom. The van der Waals surface area contributed by atoms with Crippen molar-refractivity contribution in [3.63, 3.8) is 0 Å². The Kier molecular flexibility index (Phi) is 4.55. The molecule has 0 spiro atoms. The Bertz CT molecular complexity index is 944. The molecule has 134 valence electrons. The third-order valence-corrected chi connectivity index (χ3v) is 5.54. The van der Waals surface area contributed by atoms with Crippen LogP contribution in [0.25, 0.3) is 10.9 Å². The normalized spacial score (nSPS) is 17.0. The molecule has 1 saturated heterocycles. The van der Waals surface area contributed by atoms with Crippen molar-refractivity contribution < 1.29 is 9.18 Å². The average Bonchev–Trinajstić information content (AvgIpc) is 3.32.